The fourth-order valence-electron chi connectivity index (χ4n) is 1.96. The normalized spacial score (nSPS) is 14.8. The highest BCUT2D eigenvalue weighted by Crippen LogP contribution is 2.33. The van der Waals surface area contributed by atoms with Gasteiger partial charge in [0.05, 0.1) is 5.69 Å². The van der Waals surface area contributed by atoms with Gasteiger partial charge < -0.3 is 10.8 Å². The average Bonchev–Trinajstić information content (AvgIpc) is 2.87. The fourth-order valence-corrected chi connectivity index (χ4v) is 1.96. The van der Waals surface area contributed by atoms with Crippen molar-refractivity contribution in [2.75, 3.05) is 5.73 Å². The minimum Gasteiger partial charge on any atom is -0.398 e. The lowest BCUT2D eigenvalue weighted by atomic mass is 9.98. The van der Waals surface area contributed by atoms with E-state index >= 15 is 0 Å². The van der Waals surface area contributed by atoms with Crippen molar-refractivity contribution in [1.29, 1.82) is 0 Å². The minimum absolute atomic E-state index is 0.0425. The molecule has 0 saturated heterocycles. The SMILES string of the molecule is Cc1ccc(-c2cc(CCC(C)(O)C(F)(F)F)[nH]n2)cc1N. The molecule has 0 amide bonds. The Bertz CT molecular complexity index is 662. The van der Waals surface area contributed by atoms with Gasteiger partial charge in [-0.15, -0.1) is 0 Å². The monoisotopic (exact) mass is 313 g/mol. The van der Waals surface area contributed by atoms with E-state index in [9.17, 15) is 18.3 Å². The zero-order chi connectivity index (χ0) is 16.5. The minimum atomic E-state index is -4.65. The number of aliphatic hydroxyl groups is 1. The number of nitrogens with one attached hydrogen (secondary N) is 1. The van der Waals surface area contributed by atoms with Gasteiger partial charge in [0.1, 0.15) is 0 Å². The maximum Gasteiger partial charge on any atom is 0.416 e. The highest BCUT2D eigenvalue weighted by molar-refractivity contribution is 5.66. The predicted molar refractivity (Wildman–Crippen MR) is 78.2 cm³/mol. The molecule has 1 heterocycles. The van der Waals surface area contributed by atoms with Crippen molar-refractivity contribution in [1.82, 2.24) is 10.2 Å². The highest BCUT2D eigenvalue weighted by atomic mass is 19.4. The van der Waals surface area contributed by atoms with Gasteiger partial charge in [-0.1, -0.05) is 12.1 Å². The molecule has 0 aliphatic carbocycles. The van der Waals surface area contributed by atoms with Crippen LogP contribution in [0.2, 0.25) is 0 Å². The number of nitrogens with two attached hydrogens (primary N) is 1. The Morgan fingerprint density at radius 1 is 1.27 bits per heavy atom. The average molecular weight is 313 g/mol. The lowest BCUT2D eigenvalue weighted by molar-refractivity contribution is -0.254. The van der Waals surface area contributed by atoms with Crippen molar-refractivity contribution in [2.24, 2.45) is 0 Å². The number of benzene rings is 1. The molecule has 1 aromatic carbocycles. The lowest BCUT2D eigenvalue weighted by Crippen LogP contribution is -2.42. The lowest BCUT2D eigenvalue weighted by Gasteiger charge is -2.25. The molecule has 2 rings (SSSR count). The quantitative estimate of drug-likeness (QED) is 0.759. The number of aromatic nitrogens is 2. The summed E-state index contributed by atoms with van der Waals surface area (Å²) < 4.78 is 37.8. The van der Waals surface area contributed by atoms with Crippen LogP contribution < -0.4 is 5.73 Å². The first kappa shape index (κ1) is 16.4. The number of hydrogen-bond donors (Lipinski definition) is 3. The van der Waals surface area contributed by atoms with Crippen LogP contribution in [0, 0.1) is 6.92 Å². The smallest absolute Gasteiger partial charge is 0.398 e. The Kier molecular flexibility index (Phi) is 4.19. The number of rotatable bonds is 4. The molecule has 1 aromatic heterocycles. The predicted octanol–water partition coefficient (Wildman–Crippen LogP) is 3.21. The Labute approximate surface area is 126 Å². The summed E-state index contributed by atoms with van der Waals surface area (Å²) in [5.41, 5.74) is 6.61. The van der Waals surface area contributed by atoms with Crippen molar-refractivity contribution in [2.45, 2.75) is 38.5 Å². The second-order valence-corrected chi connectivity index (χ2v) is 5.62. The molecule has 4 N–H and O–H groups in total. The molecular formula is C15H18F3N3O. The second kappa shape index (κ2) is 5.64. The standard InChI is InChI=1S/C15H18F3N3O/c1-9-3-4-10(7-12(9)19)13-8-11(20-21-13)5-6-14(2,22)15(16,17)18/h3-4,7-8,22H,5-6,19H2,1-2H3,(H,20,21). The summed E-state index contributed by atoms with van der Waals surface area (Å²) in [5.74, 6) is 0. The van der Waals surface area contributed by atoms with Crippen molar-refractivity contribution in [3.63, 3.8) is 0 Å². The van der Waals surface area contributed by atoms with E-state index in [1.165, 1.54) is 0 Å². The number of alkyl halides is 3. The third kappa shape index (κ3) is 3.41. The van der Waals surface area contributed by atoms with Gasteiger partial charge in [-0.2, -0.15) is 18.3 Å². The number of nitrogens with zero attached hydrogens (tertiary/aromatic N) is 1. The molecule has 0 bridgehead atoms. The Morgan fingerprint density at radius 2 is 1.95 bits per heavy atom. The van der Waals surface area contributed by atoms with Gasteiger partial charge in [0.2, 0.25) is 0 Å². The zero-order valence-corrected chi connectivity index (χ0v) is 12.3. The van der Waals surface area contributed by atoms with Crippen molar-refractivity contribution in [3.05, 3.63) is 35.5 Å². The molecular weight excluding hydrogens is 295 g/mol. The molecule has 1 unspecified atom stereocenters. The molecule has 0 saturated carbocycles. The summed E-state index contributed by atoms with van der Waals surface area (Å²) in [5, 5.41) is 16.2. The van der Waals surface area contributed by atoms with E-state index in [0.29, 0.717) is 17.1 Å². The molecule has 0 aliphatic rings. The first-order valence-electron chi connectivity index (χ1n) is 6.80. The van der Waals surface area contributed by atoms with Gasteiger partial charge in [0.25, 0.3) is 0 Å². The Balaban J connectivity index is 2.10. The van der Waals surface area contributed by atoms with Crippen LogP contribution in [0.5, 0.6) is 0 Å². The molecule has 2 aromatic rings. The number of H-pyrrole nitrogens is 1. The van der Waals surface area contributed by atoms with Crippen molar-refractivity contribution >= 4 is 5.69 Å². The largest absolute Gasteiger partial charge is 0.416 e. The van der Waals surface area contributed by atoms with Gasteiger partial charge in [0.15, 0.2) is 5.60 Å². The summed E-state index contributed by atoms with van der Waals surface area (Å²) >= 11 is 0. The molecule has 22 heavy (non-hydrogen) atoms. The first-order valence-corrected chi connectivity index (χ1v) is 6.80. The number of aryl methyl sites for hydroxylation is 2. The third-order valence-corrected chi connectivity index (χ3v) is 3.70. The Morgan fingerprint density at radius 3 is 2.55 bits per heavy atom. The van der Waals surface area contributed by atoms with Gasteiger partial charge >= 0.3 is 6.18 Å². The molecule has 4 nitrogen and oxygen atoms in total. The molecule has 7 heteroatoms. The molecule has 0 spiro atoms. The van der Waals surface area contributed by atoms with Gasteiger partial charge in [0, 0.05) is 16.9 Å². The second-order valence-electron chi connectivity index (χ2n) is 5.62. The number of aromatic amines is 1. The summed E-state index contributed by atoms with van der Waals surface area (Å²) in [6, 6.07) is 7.13. The molecule has 120 valence electrons. The van der Waals surface area contributed by atoms with Gasteiger partial charge in [-0.3, -0.25) is 5.10 Å². The number of hydrogen-bond acceptors (Lipinski definition) is 3. The number of halogens is 3. The summed E-state index contributed by atoms with van der Waals surface area (Å²) in [6.45, 7) is 2.65. The van der Waals surface area contributed by atoms with Gasteiger partial charge in [-0.25, -0.2) is 0 Å². The third-order valence-electron chi connectivity index (χ3n) is 3.70. The van der Waals surface area contributed by atoms with Crippen LogP contribution in [-0.2, 0) is 6.42 Å². The van der Waals surface area contributed by atoms with Crippen molar-refractivity contribution in [3.8, 4) is 11.3 Å². The van der Waals surface area contributed by atoms with Crippen LogP contribution in [0.1, 0.15) is 24.6 Å². The molecule has 0 fully saturated rings. The summed E-state index contributed by atoms with van der Waals surface area (Å²) in [4.78, 5) is 0. The molecule has 1 atom stereocenters. The zero-order valence-electron chi connectivity index (χ0n) is 12.3. The summed E-state index contributed by atoms with van der Waals surface area (Å²) in [7, 11) is 0. The highest BCUT2D eigenvalue weighted by Gasteiger charge is 2.49. The molecule has 0 radical (unpaired) electrons. The van der Waals surface area contributed by atoms with E-state index in [2.05, 4.69) is 10.2 Å². The van der Waals surface area contributed by atoms with Crippen LogP contribution in [0.4, 0.5) is 18.9 Å². The van der Waals surface area contributed by atoms with E-state index < -0.39 is 18.2 Å². The van der Waals surface area contributed by atoms with Crippen molar-refractivity contribution < 1.29 is 18.3 Å². The first-order chi connectivity index (χ1) is 10.1. The molecule has 0 aliphatic heterocycles. The number of anilines is 1. The number of nitrogen functional groups attached to an aromatic ring is 1. The van der Waals surface area contributed by atoms with E-state index in [1.54, 1.807) is 12.1 Å². The van der Waals surface area contributed by atoms with Crippen LogP contribution in [0.15, 0.2) is 24.3 Å². The van der Waals surface area contributed by atoms with Crippen LogP contribution in [0.25, 0.3) is 11.3 Å². The van der Waals surface area contributed by atoms with Gasteiger partial charge in [-0.05, 0) is 44.4 Å². The maximum absolute atomic E-state index is 12.6. The topological polar surface area (TPSA) is 74.9 Å². The fraction of sp³-hybridized carbons (Fsp3) is 0.400. The van der Waals surface area contributed by atoms with E-state index in [4.69, 9.17) is 5.73 Å². The maximum atomic E-state index is 12.6. The van der Waals surface area contributed by atoms with E-state index in [0.717, 1.165) is 18.1 Å². The van der Waals surface area contributed by atoms with E-state index in [1.807, 2.05) is 19.1 Å². The van der Waals surface area contributed by atoms with Crippen LogP contribution in [-0.4, -0.2) is 27.1 Å². The van der Waals surface area contributed by atoms with Crippen LogP contribution in [0.3, 0.4) is 0 Å². The van der Waals surface area contributed by atoms with E-state index in [-0.39, 0.29) is 6.42 Å². The van der Waals surface area contributed by atoms with Crippen LogP contribution >= 0.6 is 0 Å². The Hall–Kier alpha value is -2.02. The summed E-state index contributed by atoms with van der Waals surface area (Å²) in [6.07, 6.45) is -5.05.